The molecule has 1 unspecified atom stereocenters. The van der Waals surface area contributed by atoms with Crippen molar-refractivity contribution >= 4 is 11.9 Å². The van der Waals surface area contributed by atoms with Gasteiger partial charge in [-0.3, -0.25) is 9.59 Å². The number of carbonyl (C=O) groups is 2. The van der Waals surface area contributed by atoms with E-state index in [2.05, 4.69) is 10.1 Å². The van der Waals surface area contributed by atoms with E-state index >= 15 is 0 Å². The van der Waals surface area contributed by atoms with Crippen LogP contribution >= 0.6 is 0 Å². The fraction of sp³-hybridized carbons (Fsp3) is 0.818. The van der Waals surface area contributed by atoms with Crippen LogP contribution in [0.25, 0.3) is 0 Å². The molecule has 5 nitrogen and oxygen atoms in total. The van der Waals surface area contributed by atoms with Gasteiger partial charge in [-0.1, -0.05) is 13.3 Å². The summed E-state index contributed by atoms with van der Waals surface area (Å²) < 4.78 is 4.63. The highest BCUT2D eigenvalue weighted by Gasteiger charge is 2.29. The van der Waals surface area contributed by atoms with Crippen molar-refractivity contribution < 1.29 is 14.3 Å². The number of esters is 1. The first-order valence-electron chi connectivity index (χ1n) is 5.47. The van der Waals surface area contributed by atoms with Crippen LogP contribution in [0.5, 0.6) is 0 Å². The summed E-state index contributed by atoms with van der Waals surface area (Å²) in [6.45, 7) is 5.62. The van der Waals surface area contributed by atoms with Crippen molar-refractivity contribution in [2.45, 2.75) is 39.7 Å². The lowest BCUT2D eigenvalue weighted by atomic mass is 9.93. The van der Waals surface area contributed by atoms with Crippen LogP contribution in [0.3, 0.4) is 0 Å². The zero-order valence-electron chi connectivity index (χ0n) is 10.5. The smallest absolute Gasteiger partial charge is 0.313 e. The minimum absolute atomic E-state index is 0.223. The second-order valence-corrected chi connectivity index (χ2v) is 4.49. The number of hydrogen-bond donors (Lipinski definition) is 2. The van der Waals surface area contributed by atoms with Gasteiger partial charge in [-0.25, -0.2) is 0 Å². The van der Waals surface area contributed by atoms with E-state index < -0.39 is 11.5 Å². The van der Waals surface area contributed by atoms with Gasteiger partial charge in [0.2, 0.25) is 5.91 Å². The number of amides is 1. The third kappa shape index (κ3) is 4.61. The first kappa shape index (κ1) is 14.9. The predicted molar refractivity (Wildman–Crippen MR) is 61.7 cm³/mol. The van der Waals surface area contributed by atoms with Gasteiger partial charge < -0.3 is 15.8 Å². The number of carbonyl (C=O) groups excluding carboxylic acids is 2. The maximum absolute atomic E-state index is 11.5. The van der Waals surface area contributed by atoms with Crippen molar-refractivity contribution in [3.63, 3.8) is 0 Å². The van der Waals surface area contributed by atoms with Crippen LogP contribution in [0.2, 0.25) is 0 Å². The molecule has 0 aliphatic rings. The molecule has 0 spiro atoms. The van der Waals surface area contributed by atoms with Crippen LogP contribution in [0.4, 0.5) is 0 Å². The molecule has 0 bridgehead atoms. The van der Waals surface area contributed by atoms with Crippen LogP contribution < -0.4 is 11.1 Å². The summed E-state index contributed by atoms with van der Waals surface area (Å²) in [6, 6.07) is -0.501. The third-order valence-corrected chi connectivity index (χ3v) is 2.38. The SMILES string of the molecule is CCCC(N)C(=O)NCC(C)(C)C(=O)OC. The Morgan fingerprint density at radius 3 is 2.44 bits per heavy atom. The largest absolute Gasteiger partial charge is 0.469 e. The highest BCUT2D eigenvalue weighted by atomic mass is 16.5. The topological polar surface area (TPSA) is 81.4 Å². The van der Waals surface area contributed by atoms with Crippen LogP contribution in [-0.4, -0.2) is 31.6 Å². The van der Waals surface area contributed by atoms with Crippen LogP contribution in [0.1, 0.15) is 33.6 Å². The van der Waals surface area contributed by atoms with Crippen molar-refractivity contribution in [2.24, 2.45) is 11.1 Å². The standard InChI is InChI=1S/C11H22N2O3/c1-5-6-8(12)9(14)13-7-11(2,3)10(15)16-4/h8H,5-7,12H2,1-4H3,(H,13,14). The Bertz CT molecular complexity index is 252. The van der Waals surface area contributed by atoms with Gasteiger partial charge in [-0.05, 0) is 20.3 Å². The summed E-state index contributed by atoms with van der Waals surface area (Å²) in [5.74, 6) is -0.573. The summed E-state index contributed by atoms with van der Waals surface area (Å²) in [4.78, 5) is 22.8. The van der Waals surface area contributed by atoms with Gasteiger partial charge in [-0.2, -0.15) is 0 Å². The fourth-order valence-corrected chi connectivity index (χ4v) is 1.23. The number of ether oxygens (including phenoxy) is 1. The molecule has 0 aromatic carbocycles. The monoisotopic (exact) mass is 230 g/mol. The Morgan fingerprint density at radius 2 is 2.00 bits per heavy atom. The average molecular weight is 230 g/mol. The first-order valence-corrected chi connectivity index (χ1v) is 5.47. The molecule has 5 heteroatoms. The van der Waals surface area contributed by atoms with E-state index in [1.807, 2.05) is 6.92 Å². The number of hydrogen-bond acceptors (Lipinski definition) is 4. The molecule has 0 aromatic rings. The molecule has 0 radical (unpaired) electrons. The van der Waals surface area contributed by atoms with E-state index in [1.165, 1.54) is 7.11 Å². The predicted octanol–water partition coefficient (Wildman–Crippen LogP) is 0.429. The number of nitrogens with two attached hydrogens (primary N) is 1. The fourth-order valence-electron chi connectivity index (χ4n) is 1.23. The lowest BCUT2D eigenvalue weighted by Gasteiger charge is -2.22. The highest BCUT2D eigenvalue weighted by molar-refractivity contribution is 5.82. The lowest BCUT2D eigenvalue weighted by Crippen LogP contribution is -2.46. The highest BCUT2D eigenvalue weighted by Crippen LogP contribution is 2.15. The maximum Gasteiger partial charge on any atom is 0.313 e. The van der Waals surface area contributed by atoms with Crippen molar-refractivity contribution in [3.05, 3.63) is 0 Å². The summed E-state index contributed by atoms with van der Waals surface area (Å²) in [5.41, 5.74) is 4.91. The Kier molecular flexibility index (Phi) is 6.03. The second-order valence-electron chi connectivity index (χ2n) is 4.49. The Hall–Kier alpha value is -1.10. The van der Waals surface area contributed by atoms with Gasteiger partial charge in [-0.15, -0.1) is 0 Å². The van der Waals surface area contributed by atoms with Crippen molar-refractivity contribution in [1.82, 2.24) is 5.32 Å². The minimum Gasteiger partial charge on any atom is -0.469 e. The normalized spacial score (nSPS) is 13.1. The Labute approximate surface area is 96.7 Å². The molecule has 94 valence electrons. The van der Waals surface area contributed by atoms with E-state index in [-0.39, 0.29) is 18.4 Å². The second kappa shape index (κ2) is 6.48. The molecule has 0 saturated carbocycles. The van der Waals surface area contributed by atoms with E-state index in [1.54, 1.807) is 13.8 Å². The van der Waals surface area contributed by atoms with Crippen LogP contribution in [-0.2, 0) is 14.3 Å². The molecule has 3 N–H and O–H groups in total. The van der Waals surface area contributed by atoms with E-state index in [4.69, 9.17) is 5.73 Å². The molecule has 1 atom stereocenters. The van der Waals surface area contributed by atoms with Gasteiger partial charge >= 0.3 is 5.97 Å². The van der Waals surface area contributed by atoms with Crippen molar-refractivity contribution in [3.8, 4) is 0 Å². The van der Waals surface area contributed by atoms with Gasteiger partial charge in [0.15, 0.2) is 0 Å². The van der Waals surface area contributed by atoms with Gasteiger partial charge in [0.25, 0.3) is 0 Å². The molecule has 0 saturated heterocycles. The Balaban J connectivity index is 4.14. The van der Waals surface area contributed by atoms with Crippen LogP contribution in [0.15, 0.2) is 0 Å². The van der Waals surface area contributed by atoms with E-state index in [0.717, 1.165) is 6.42 Å². The quantitative estimate of drug-likeness (QED) is 0.648. The zero-order valence-corrected chi connectivity index (χ0v) is 10.5. The molecular formula is C11H22N2O3. The Morgan fingerprint density at radius 1 is 1.44 bits per heavy atom. The lowest BCUT2D eigenvalue weighted by molar-refractivity contribution is -0.150. The summed E-state index contributed by atoms with van der Waals surface area (Å²) in [6.07, 6.45) is 1.50. The number of methoxy groups -OCH3 is 1. The van der Waals surface area contributed by atoms with E-state index in [0.29, 0.717) is 6.42 Å². The molecule has 16 heavy (non-hydrogen) atoms. The molecule has 0 rings (SSSR count). The van der Waals surface area contributed by atoms with E-state index in [9.17, 15) is 9.59 Å². The maximum atomic E-state index is 11.5. The van der Waals surface area contributed by atoms with Gasteiger partial charge in [0.05, 0.1) is 18.6 Å². The molecule has 0 aliphatic carbocycles. The van der Waals surface area contributed by atoms with Crippen molar-refractivity contribution in [1.29, 1.82) is 0 Å². The van der Waals surface area contributed by atoms with Gasteiger partial charge in [0, 0.05) is 6.54 Å². The molecule has 0 heterocycles. The van der Waals surface area contributed by atoms with Crippen LogP contribution in [0, 0.1) is 5.41 Å². The first-order chi connectivity index (χ1) is 7.35. The number of nitrogens with one attached hydrogen (secondary N) is 1. The summed E-state index contributed by atoms with van der Waals surface area (Å²) in [5, 5.41) is 2.66. The summed E-state index contributed by atoms with van der Waals surface area (Å²) >= 11 is 0. The summed E-state index contributed by atoms with van der Waals surface area (Å²) in [7, 11) is 1.33. The molecule has 1 amide bonds. The average Bonchev–Trinajstić information content (AvgIpc) is 2.25. The molecule has 0 fully saturated rings. The minimum atomic E-state index is -0.726. The third-order valence-electron chi connectivity index (χ3n) is 2.38. The van der Waals surface area contributed by atoms with Gasteiger partial charge in [0.1, 0.15) is 0 Å². The molecule has 0 aliphatic heterocycles. The zero-order chi connectivity index (χ0) is 12.8. The molecule has 0 aromatic heterocycles. The molecular weight excluding hydrogens is 208 g/mol. The van der Waals surface area contributed by atoms with Crippen molar-refractivity contribution in [2.75, 3.05) is 13.7 Å². The number of rotatable bonds is 6.